The zero-order valence-corrected chi connectivity index (χ0v) is 13.7. The van der Waals surface area contributed by atoms with Gasteiger partial charge in [-0.3, -0.25) is 9.48 Å². The minimum absolute atomic E-state index is 0.195. The summed E-state index contributed by atoms with van der Waals surface area (Å²) in [4.78, 5) is 16.6. The van der Waals surface area contributed by atoms with Crippen molar-refractivity contribution in [2.24, 2.45) is 7.05 Å². The van der Waals surface area contributed by atoms with Crippen LogP contribution in [0.4, 0.5) is 0 Å². The first-order chi connectivity index (χ1) is 10.7. The van der Waals surface area contributed by atoms with E-state index in [1.54, 1.807) is 11.3 Å². The Morgan fingerprint density at radius 3 is 3.00 bits per heavy atom. The molecule has 1 amide bonds. The summed E-state index contributed by atoms with van der Waals surface area (Å²) < 4.78 is 1.82. The third kappa shape index (κ3) is 2.28. The lowest BCUT2D eigenvalue weighted by atomic mass is 9.95. The van der Waals surface area contributed by atoms with Gasteiger partial charge in [0.25, 0.3) is 5.91 Å². The number of aryl methyl sites for hydroxylation is 2. The van der Waals surface area contributed by atoms with E-state index < -0.39 is 0 Å². The van der Waals surface area contributed by atoms with Crippen LogP contribution >= 0.6 is 11.3 Å². The number of carbonyl (C=O) groups excluding carboxylic acids is 1. The first-order valence-corrected chi connectivity index (χ1v) is 9.01. The topological polar surface area (TPSA) is 38.1 Å². The standard InChI is InChI=1S/C17H21N3OS/c1-19-10-12(9-18-19)15-6-4-8-20(15)17(21)14-11-22-16-7-3-2-5-13(14)16/h9-11,15H,2-8H2,1H3/t15-/m0/s1. The molecule has 2 aromatic heterocycles. The molecule has 116 valence electrons. The van der Waals surface area contributed by atoms with E-state index >= 15 is 0 Å². The smallest absolute Gasteiger partial charge is 0.255 e. The molecule has 0 bridgehead atoms. The number of nitrogens with zero attached hydrogens (tertiary/aromatic N) is 3. The molecule has 5 heteroatoms. The summed E-state index contributed by atoms with van der Waals surface area (Å²) in [5.74, 6) is 0.228. The van der Waals surface area contributed by atoms with Crippen LogP contribution < -0.4 is 0 Å². The van der Waals surface area contributed by atoms with Crippen LogP contribution in [0.3, 0.4) is 0 Å². The van der Waals surface area contributed by atoms with Crippen molar-refractivity contribution in [1.29, 1.82) is 0 Å². The average Bonchev–Trinajstić information content (AvgIpc) is 3.25. The summed E-state index contributed by atoms with van der Waals surface area (Å²) in [6.45, 7) is 0.864. The van der Waals surface area contributed by atoms with Crippen LogP contribution in [0, 0.1) is 0 Å². The first kappa shape index (κ1) is 14.0. The van der Waals surface area contributed by atoms with Crippen LogP contribution in [0.25, 0.3) is 0 Å². The molecule has 0 radical (unpaired) electrons. The molecule has 2 aliphatic rings. The highest BCUT2D eigenvalue weighted by Gasteiger charge is 2.33. The Balaban J connectivity index is 1.63. The third-order valence-electron chi connectivity index (χ3n) is 4.92. The maximum atomic E-state index is 13.1. The molecular weight excluding hydrogens is 294 g/mol. The SMILES string of the molecule is Cn1cc([C@@H]2CCCN2C(=O)c2csc3c2CCCC3)cn1. The fourth-order valence-corrected chi connectivity index (χ4v) is 4.92. The van der Waals surface area contributed by atoms with E-state index in [4.69, 9.17) is 0 Å². The summed E-state index contributed by atoms with van der Waals surface area (Å²) >= 11 is 1.78. The minimum atomic E-state index is 0.195. The van der Waals surface area contributed by atoms with E-state index in [-0.39, 0.29) is 11.9 Å². The Hall–Kier alpha value is -1.62. The summed E-state index contributed by atoms with van der Waals surface area (Å²) in [6.07, 6.45) is 10.8. The Morgan fingerprint density at radius 1 is 1.32 bits per heavy atom. The van der Waals surface area contributed by atoms with Crippen molar-refractivity contribution in [1.82, 2.24) is 14.7 Å². The van der Waals surface area contributed by atoms with E-state index in [1.807, 2.05) is 24.1 Å². The number of carbonyl (C=O) groups is 1. The molecule has 4 rings (SSSR count). The third-order valence-corrected chi connectivity index (χ3v) is 6.00. The Kier molecular flexibility index (Phi) is 3.53. The van der Waals surface area contributed by atoms with Crippen LogP contribution in [0.1, 0.15) is 58.1 Å². The van der Waals surface area contributed by atoms with Gasteiger partial charge in [0.05, 0.1) is 17.8 Å². The minimum Gasteiger partial charge on any atom is -0.331 e. The van der Waals surface area contributed by atoms with Crippen molar-refractivity contribution in [3.63, 3.8) is 0 Å². The van der Waals surface area contributed by atoms with Gasteiger partial charge in [-0.25, -0.2) is 0 Å². The quantitative estimate of drug-likeness (QED) is 0.852. The largest absolute Gasteiger partial charge is 0.331 e. The number of rotatable bonds is 2. The van der Waals surface area contributed by atoms with Crippen molar-refractivity contribution < 1.29 is 4.79 Å². The molecule has 1 aliphatic carbocycles. The molecule has 0 aromatic carbocycles. The molecule has 22 heavy (non-hydrogen) atoms. The zero-order chi connectivity index (χ0) is 15.1. The van der Waals surface area contributed by atoms with Crippen molar-refractivity contribution in [3.8, 4) is 0 Å². The summed E-state index contributed by atoms with van der Waals surface area (Å²) in [5.41, 5.74) is 3.46. The lowest BCUT2D eigenvalue weighted by molar-refractivity contribution is 0.0735. The van der Waals surface area contributed by atoms with Gasteiger partial charge in [0.1, 0.15) is 0 Å². The number of amides is 1. The van der Waals surface area contributed by atoms with Gasteiger partial charge in [-0.2, -0.15) is 5.10 Å². The first-order valence-electron chi connectivity index (χ1n) is 8.13. The highest BCUT2D eigenvalue weighted by Crippen LogP contribution is 2.36. The maximum Gasteiger partial charge on any atom is 0.255 e. The molecule has 0 saturated carbocycles. The maximum absolute atomic E-state index is 13.1. The lowest BCUT2D eigenvalue weighted by Crippen LogP contribution is -2.31. The number of hydrogen-bond donors (Lipinski definition) is 0. The van der Waals surface area contributed by atoms with Gasteiger partial charge in [0, 0.05) is 35.6 Å². The van der Waals surface area contributed by atoms with Crippen LogP contribution in [-0.2, 0) is 19.9 Å². The van der Waals surface area contributed by atoms with Gasteiger partial charge >= 0.3 is 0 Å². The Labute approximate surface area is 134 Å². The molecule has 1 aliphatic heterocycles. The second kappa shape index (κ2) is 5.54. The average molecular weight is 315 g/mol. The van der Waals surface area contributed by atoms with Gasteiger partial charge in [-0.15, -0.1) is 11.3 Å². The number of thiophene rings is 1. The Bertz CT molecular complexity index is 703. The van der Waals surface area contributed by atoms with Crippen LogP contribution in [0.15, 0.2) is 17.8 Å². The van der Waals surface area contributed by atoms with Gasteiger partial charge in [-0.05, 0) is 44.1 Å². The molecule has 2 aromatic rings. The van der Waals surface area contributed by atoms with E-state index in [9.17, 15) is 4.79 Å². The molecule has 1 fully saturated rings. The summed E-state index contributed by atoms with van der Waals surface area (Å²) in [5, 5.41) is 6.36. The Morgan fingerprint density at radius 2 is 2.18 bits per heavy atom. The van der Waals surface area contributed by atoms with Crippen molar-refractivity contribution >= 4 is 17.2 Å². The number of fused-ring (bicyclic) bond motifs is 1. The molecule has 3 heterocycles. The zero-order valence-electron chi connectivity index (χ0n) is 12.9. The summed E-state index contributed by atoms with van der Waals surface area (Å²) in [7, 11) is 1.93. The highest BCUT2D eigenvalue weighted by atomic mass is 32.1. The number of aromatic nitrogens is 2. The molecular formula is C17H21N3OS. The van der Waals surface area contributed by atoms with Gasteiger partial charge in [-0.1, -0.05) is 0 Å². The monoisotopic (exact) mass is 315 g/mol. The normalized spacial score (nSPS) is 21.1. The molecule has 0 spiro atoms. The predicted molar refractivity (Wildman–Crippen MR) is 87.2 cm³/mol. The fourth-order valence-electron chi connectivity index (χ4n) is 3.80. The number of likely N-dealkylation sites (tertiary alicyclic amines) is 1. The molecule has 4 nitrogen and oxygen atoms in total. The van der Waals surface area contributed by atoms with E-state index in [2.05, 4.69) is 15.4 Å². The molecule has 0 N–H and O–H groups in total. The van der Waals surface area contributed by atoms with Crippen LogP contribution in [0.5, 0.6) is 0 Å². The predicted octanol–water partition coefficient (Wildman–Crippen LogP) is 3.34. The van der Waals surface area contributed by atoms with Crippen molar-refractivity contribution in [2.45, 2.75) is 44.6 Å². The lowest BCUT2D eigenvalue weighted by Gasteiger charge is -2.24. The molecule has 1 saturated heterocycles. The molecule has 1 atom stereocenters. The van der Waals surface area contributed by atoms with E-state index in [0.29, 0.717) is 0 Å². The second-order valence-corrected chi connectivity index (χ2v) is 7.33. The van der Waals surface area contributed by atoms with Crippen LogP contribution in [-0.4, -0.2) is 27.1 Å². The van der Waals surface area contributed by atoms with Crippen LogP contribution in [0.2, 0.25) is 0 Å². The fraction of sp³-hybridized carbons (Fsp3) is 0.529. The van der Waals surface area contributed by atoms with Gasteiger partial charge < -0.3 is 4.90 Å². The van der Waals surface area contributed by atoms with E-state index in [1.165, 1.54) is 23.3 Å². The number of hydrogen-bond acceptors (Lipinski definition) is 3. The molecule has 0 unspecified atom stereocenters. The van der Waals surface area contributed by atoms with E-state index in [0.717, 1.165) is 43.4 Å². The second-order valence-electron chi connectivity index (χ2n) is 6.36. The summed E-state index contributed by atoms with van der Waals surface area (Å²) in [6, 6.07) is 0.195. The highest BCUT2D eigenvalue weighted by molar-refractivity contribution is 7.10. The van der Waals surface area contributed by atoms with Crippen molar-refractivity contribution in [3.05, 3.63) is 39.3 Å². The van der Waals surface area contributed by atoms with Gasteiger partial charge in [0.2, 0.25) is 0 Å². The van der Waals surface area contributed by atoms with Gasteiger partial charge in [0.15, 0.2) is 0 Å². The van der Waals surface area contributed by atoms with Crippen molar-refractivity contribution in [2.75, 3.05) is 6.54 Å².